The van der Waals surface area contributed by atoms with Crippen molar-refractivity contribution in [3.63, 3.8) is 0 Å². The number of methoxy groups -OCH3 is 1. The SMILES string of the molecule is COC1CN(C(OC(N)=O)C(C)(C)C)C(N)CO1. The van der Waals surface area contributed by atoms with Crippen molar-refractivity contribution in [2.45, 2.75) is 39.5 Å². The second-order valence-electron chi connectivity index (χ2n) is 5.42. The van der Waals surface area contributed by atoms with E-state index >= 15 is 0 Å². The van der Waals surface area contributed by atoms with Gasteiger partial charge in [-0.25, -0.2) is 9.69 Å². The summed E-state index contributed by atoms with van der Waals surface area (Å²) < 4.78 is 15.7. The van der Waals surface area contributed by atoms with Gasteiger partial charge in [0.05, 0.1) is 19.3 Å². The van der Waals surface area contributed by atoms with Crippen molar-refractivity contribution < 1.29 is 19.0 Å². The van der Waals surface area contributed by atoms with Gasteiger partial charge in [0.15, 0.2) is 12.5 Å². The lowest BCUT2D eigenvalue weighted by Crippen LogP contribution is -2.62. The number of carbonyl (C=O) groups is 1. The zero-order valence-electron chi connectivity index (χ0n) is 11.4. The van der Waals surface area contributed by atoms with Crippen molar-refractivity contribution in [1.29, 1.82) is 0 Å². The highest BCUT2D eigenvalue weighted by atomic mass is 16.7. The molecule has 0 aromatic carbocycles. The molecule has 7 nitrogen and oxygen atoms in total. The Balaban J connectivity index is 2.85. The van der Waals surface area contributed by atoms with Gasteiger partial charge in [-0.3, -0.25) is 0 Å². The van der Waals surface area contributed by atoms with E-state index in [0.717, 1.165) is 0 Å². The van der Waals surface area contributed by atoms with Gasteiger partial charge in [0.2, 0.25) is 0 Å². The van der Waals surface area contributed by atoms with Crippen LogP contribution in [-0.2, 0) is 14.2 Å². The van der Waals surface area contributed by atoms with E-state index in [1.807, 2.05) is 25.7 Å². The number of rotatable bonds is 3. The minimum absolute atomic E-state index is 0.313. The van der Waals surface area contributed by atoms with Crippen LogP contribution in [0, 0.1) is 5.41 Å². The van der Waals surface area contributed by atoms with Crippen LogP contribution in [0.15, 0.2) is 0 Å². The van der Waals surface area contributed by atoms with Gasteiger partial charge in [-0.15, -0.1) is 0 Å². The van der Waals surface area contributed by atoms with Crippen LogP contribution in [0.25, 0.3) is 0 Å². The summed E-state index contributed by atoms with van der Waals surface area (Å²) in [6.07, 6.45) is -2.08. The summed E-state index contributed by atoms with van der Waals surface area (Å²) >= 11 is 0. The van der Waals surface area contributed by atoms with E-state index in [1.54, 1.807) is 7.11 Å². The monoisotopic (exact) mass is 261 g/mol. The summed E-state index contributed by atoms with van der Waals surface area (Å²) in [6.45, 7) is 6.58. The van der Waals surface area contributed by atoms with E-state index in [0.29, 0.717) is 13.2 Å². The Kier molecular flexibility index (Phi) is 4.92. The number of ether oxygens (including phenoxy) is 3. The molecule has 106 valence electrons. The lowest BCUT2D eigenvalue weighted by molar-refractivity contribution is -0.219. The standard InChI is InChI=1S/C11H23N3O4/c1-11(2,3)9(18-10(13)15)14-5-8(16-4)17-6-7(14)12/h7-9H,5-6,12H2,1-4H3,(H2,13,15). The number of hydrogen-bond acceptors (Lipinski definition) is 6. The molecule has 0 radical (unpaired) electrons. The lowest BCUT2D eigenvalue weighted by Gasteiger charge is -2.45. The zero-order chi connectivity index (χ0) is 13.9. The minimum Gasteiger partial charge on any atom is -0.430 e. The molecule has 4 N–H and O–H groups in total. The average molecular weight is 261 g/mol. The quantitative estimate of drug-likeness (QED) is 0.744. The molecule has 1 saturated heterocycles. The number of nitrogens with zero attached hydrogens (tertiary/aromatic N) is 1. The molecule has 1 aliphatic rings. The molecule has 0 aliphatic carbocycles. The first kappa shape index (κ1) is 15.2. The highest BCUT2D eigenvalue weighted by Crippen LogP contribution is 2.28. The maximum atomic E-state index is 11.0. The van der Waals surface area contributed by atoms with Gasteiger partial charge in [0.25, 0.3) is 0 Å². The Morgan fingerprint density at radius 3 is 2.56 bits per heavy atom. The fourth-order valence-corrected chi connectivity index (χ4v) is 1.93. The predicted molar refractivity (Wildman–Crippen MR) is 65.3 cm³/mol. The van der Waals surface area contributed by atoms with Gasteiger partial charge in [0, 0.05) is 12.5 Å². The smallest absolute Gasteiger partial charge is 0.406 e. The number of carbonyl (C=O) groups excluding carboxylic acids is 1. The number of hydrogen-bond donors (Lipinski definition) is 2. The largest absolute Gasteiger partial charge is 0.430 e. The molecule has 0 aromatic heterocycles. The van der Waals surface area contributed by atoms with Gasteiger partial charge in [-0.05, 0) is 0 Å². The van der Waals surface area contributed by atoms with Gasteiger partial charge < -0.3 is 25.7 Å². The molecular weight excluding hydrogens is 238 g/mol. The molecule has 0 spiro atoms. The van der Waals surface area contributed by atoms with Crippen molar-refractivity contribution >= 4 is 6.09 Å². The molecule has 1 fully saturated rings. The highest BCUT2D eigenvalue weighted by molar-refractivity contribution is 5.64. The summed E-state index contributed by atoms with van der Waals surface area (Å²) in [5.74, 6) is 0. The van der Waals surface area contributed by atoms with Crippen LogP contribution >= 0.6 is 0 Å². The first-order chi connectivity index (χ1) is 8.25. The van der Waals surface area contributed by atoms with Crippen molar-refractivity contribution in [2.24, 2.45) is 16.9 Å². The van der Waals surface area contributed by atoms with Gasteiger partial charge in [0.1, 0.15) is 0 Å². The third-order valence-electron chi connectivity index (χ3n) is 2.77. The van der Waals surface area contributed by atoms with E-state index in [4.69, 9.17) is 25.7 Å². The molecule has 1 amide bonds. The molecule has 0 bridgehead atoms. The van der Waals surface area contributed by atoms with Crippen LogP contribution in [-0.4, -0.2) is 49.9 Å². The molecule has 0 aromatic rings. The third kappa shape index (κ3) is 3.81. The Hall–Kier alpha value is -0.890. The molecule has 1 heterocycles. The van der Waals surface area contributed by atoms with Gasteiger partial charge >= 0.3 is 6.09 Å². The Morgan fingerprint density at radius 1 is 1.50 bits per heavy atom. The number of morpholine rings is 1. The van der Waals surface area contributed by atoms with E-state index < -0.39 is 12.3 Å². The first-order valence-electron chi connectivity index (χ1n) is 5.87. The lowest BCUT2D eigenvalue weighted by atomic mass is 9.92. The number of primary amides is 1. The Morgan fingerprint density at radius 2 is 2.11 bits per heavy atom. The van der Waals surface area contributed by atoms with Crippen LogP contribution in [0.4, 0.5) is 4.79 Å². The minimum atomic E-state index is -0.817. The molecule has 0 saturated carbocycles. The van der Waals surface area contributed by atoms with Crippen molar-refractivity contribution in [1.82, 2.24) is 4.90 Å². The summed E-state index contributed by atoms with van der Waals surface area (Å²) in [7, 11) is 1.56. The van der Waals surface area contributed by atoms with E-state index in [2.05, 4.69) is 0 Å². The highest BCUT2D eigenvalue weighted by Gasteiger charge is 2.40. The molecule has 3 atom stereocenters. The number of nitrogens with two attached hydrogens (primary N) is 2. The van der Waals surface area contributed by atoms with E-state index in [1.165, 1.54) is 0 Å². The van der Waals surface area contributed by atoms with Crippen LogP contribution in [0.3, 0.4) is 0 Å². The zero-order valence-corrected chi connectivity index (χ0v) is 11.4. The molecule has 1 rings (SSSR count). The van der Waals surface area contributed by atoms with Crippen molar-refractivity contribution in [3.8, 4) is 0 Å². The van der Waals surface area contributed by atoms with Crippen LogP contribution < -0.4 is 11.5 Å². The van der Waals surface area contributed by atoms with Crippen molar-refractivity contribution in [2.75, 3.05) is 20.3 Å². The second-order valence-corrected chi connectivity index (χ2v) is 5.42. The number of amides is 1. The summed E-state index contributed by atoms with van der Waals surface area (Å²) in [5.41, 5.74) is 10.8. The first-order valence-corrected chi connectivity index (χ1v) is 5.87. The van der Waals surface area contributed by atoms with E-state index in [9.17, 15) is 4.79 Å². The molecule has 18 heavy (non-hydrogen) atoms. The summed E-state index contributed by atoms with van der Waals surface area (Å²) in [4.78, 5) is 12.9. The van der Waals surface area contributed by atoms with Crippen LogP contribution in [0.2, 0.25) is 0 Å². The maximum absolute atomic E-state index is 11.0. The molecule has 3 unspecified atom stereocenters. The third-order valence-corrected chi connectivity index (χ3v) is 2.77. The molecule has 7 heteroatoms. The summed E-state index contributed by atoms with van der Waals surface area (Å²) in [6, 6.07) is 0. The summed E-state index contributed by atoms with van der Waals surface area (Å²) in [5, 5.41) is 0. The predicted octanol–water partition coefficient (Wildman–Crippen LogP) is 0.0434. The normalized spacial score (nSPS) is 27.8. The second kappa shape index (κ2) is 5.83. The van der Waals surface area contributed by atoms with Crippen LogP contribution in [0.5, 0.6) is 0 Å². The fraction of sp³-hybridized carbons (Fsp3) is 0.909. The Labute approximate surface area is 107 Å². The average Bonchev–Trinajstić information content (AvgIpc) is 2.25. The van der Waals surface area contributed by atoms with Crippen LogP contribution in [0.1, 0.15) is 20.8 Å². The molecule has 1 aliphatic heterocycles. The fourth-order valence-electron chi connectivity index (χ4n) is 1.93. The Bertz CT molecular complexity index is 293. The van der Waals surface area contributed by atoms with Gasteiger partial charge in [-0.2, -0.15) is 0 Å². The maximum Gasteiger partial charge on any atom is 0.406 e. The topological polar surface area (TPSA) is 100 Å². The van der Waals surface area contributed by atoms with Gasteiger partial charge in [-0.1, -0.05) is 20.8 Å². The van der Waals surface area contributed by atoms with Crippen molar-refractivity contribution in [3.05, 3.63) is 0 Å². The molecular formula is C11H23N3O4. The van der Waals surface area contributed by atoms with E-state index in [-0.39, 0.29) is 17.9 Å².